The number of pyridine rings is 1. The highest BCUT2D eigenvalue weighted by atomic mass is 16.5. The summed E-state index contributed by atoms with van der Waals surface area (Å²) >= 11 is 0. The molecule has 0 aliphatic heterocycles. The van der Waals surface area contributed by atoms with E-state index in [4.69, 9.17) is 4.52 Å². The molecule has 0 radical (unpaired) electrons. The van der Waals surface area contributed by atoms with E-state index in [2.05, 4.69) is 15.1 Å². The molecule has 0 fully saturated rings. The third-order valence-corrected chi connectivity index (χ3v) is 2.01. The number of hydrogen-bond acceptors (Lipinski definition) is 5. The maximum atomic E-state index is 11.0. The van der Waals surface area contributed by atoms with E-state index in [0.29, 0.717) is 5.82 Å². The van der Waals surface area contributed by atoms with Crippen molar-refractivity contribution in [2.45, 2.75) is 13.8 Å². The zero-order chi connectivity index (χ0) is 10.8. The first-order chi connectivity index (χ1) is 7.18. The van der Waals surface area contributed by atoms with Crippen molar-refractivity contribution in [2.75, 3.05) is 0 Å². The van der Waals surface area contributed by atoms with Gasteiger partial charge in [0, 0.05) is 24.9 Å². The van der Waals surface area contributed by atoms with Gasteiger partial charge < -0.3 is 4.52 Å². The van der Waals surface area contributed by atoms with E-state index in [1.165, 1.54) is 6.92 Å². The molecule has 0 N–H and O–H groups in total. The summed E-state index contributed by atoms with van der Waals surface area (Å²) in [5, 5.41) is 3.72. The lowest BCUT2D eigenvalue weighted by atomic mass is 10.1. The minimum Gasteiger partial charge on any atom is -0.330 e. The molecular weight excluding hydrogens is 194 g/mol. The molecule has 0 amide bonds. The van der Waals surface area contributed by atoms with E-state index < -0.39 is 0 Å². The molecule has 2 heterocycles. The Balaban J connectivity index is 2.46. The van der Waals surface area contributed by atoms with Gasteiger partial charge in [-0.2, -0.15) is 4.98 Å². The summed E-state index contributed by atoms with van der Waals surface area (Å²) in [4.78, 5) is 18.9. The number of hydrogen-bond donors (Lipinski definition) is 0. The largest absolute Gasteiger partial charge is 0.330 e. The van der Waals surface area contributed by atoms with Crippen LogP contribution in [0.4, 0.5) is 0 Å². The molecule has 0 saturated carbocycles. The van der Waals surface area contributed by atoms with Crippen molar-refractivity contribution in [1.82, 2.24) is 15.1 Å². The van der Waals surface area contributed by atoms with Crippen LogP contribution in [-0.4, -0.2) is 20.9 Å². The van der Waals surface area contributed by atoms with Crippen LogP contribution in [0.2, 0.25) is 0 Å². The first-order valence-corrected chi connectivity index (χ1v) is 4.44. The van der Waals surface area contributed by atoms with Gasteiger partial charge in [0.25, 0.3) is 5.89 Å². The molecule has 0 bridgehead atoms. The van der Waals surface area contributed by atoms with Crippen molar-refractivity contribution in [1.29, 1.82) is 0 Å². The summed E-state index contributed by atoms with van der Waals surface area (Å²) in [6, 6.07) is 1.85. The molecule has 5 heteroatoms. The van der Waals surface area contributed by atoms with Gasteiger partial charge in [0.2, 0.25) is 11.6 Å². The second-order valence-electron chi connectivity index (χ2n) is 3.17. The van der Waals surface area contributed by atoms with E-state index in [1.54, 1.807) is 12.4 Å². The highest BCUT2D eigenvalue weighted by Gasteiger charge is 2.13. The fourth-order valence-electron chi connectivity index (χ4n) is 1.17. The van der Waals surface area contributed by atoms with E-state index >= 15 is 0 Å². The van der Waals surface area contributed by atoms with Crippen molar-refractivity contribution in [3.63, 3.8) is 0 Å². The van der Waals surface area contributed by atoms with Crippen LogP contribution in [0.1, 0.15) is 23.2 Å². The Morgan fingerprint density at radius 2 is 2.27 bits per heavy atom. The minimum atomic E-state index is -0.240. The maximum absolute atomic E-state index is 11.0. The SMILES string of the molecule is CC(=O)c1nc(-c2cnccc2C)no1. The Bertz CT molecular complexity index is 505. The summed E-state index contributed by atoms with van der Waals surface area (Å²) in [7, 11) is 0. The molecule has 0 saturated heterocycles. The van der Waals surface area contributed by atoms with Gasteiger partial charge in [-0.3, -0.25) is 9.78 Å². The topological polar surface area (TPSA) is 68.9 Å². The molecular formula is C10H9N3O2. The Kier molecular flexibility index (Phi) is 2.29. The van der Waals surface area contributed by atoms with Crippen molar-refractivity contribution in [3.8, 4) is 11.4 Å². The van der Waals surface area contributed by atoms with Gasteiger partial charge in [-0.15, -0.1) is 0 Å². The van der Waals surface area contributed by atoms with Crippen LogP contribution in [0.3, 0.4) is 0 Å². The average molecular weight is 203 g/mol. The molecule has 76 valence electrons. The average Bonchev–Trinajstić information content (AvgIpc) is 2.67. The normalized spacial score (nSPS) is 10.3. The molecule has 0 aliphatic rings. The number of Topliss-reactive ketones (excluding diaryl/α,β-unsaturated/α-hetero) is 1. The van der Waals surface area contributed by atoms with Gasteiger partial charge in [0.1, 0.15) is 0 Å². The lowest BCUT2D eigenvalue weighted by Crippen LogP contribution is -1.92. The van der Waals surface area contributed by atoms with Crippen molar-refractivity contribution >= 4 is 5.78 Å². The van der Waals surface area contributed by atoms with Crippen LogP contribution in [0, 0.1) is 6.92 Å². The molecule has 0 aromatic carbocycles. The Morgan fingerprint density at radius 3 is 2.87 bits per heavy atom. The monoisotopic (exact) mass is 203 g/mol. The van der Waals surface area contributed by atoms with Crippen LogP contribution in [0.15, 0.2) is 23.0 Å². The zero-order valence-electron chi connectivity index (χ0n) is 8.39. The van der Waals surface area contributed by atoms with Crippen molar-refractivity contribution in [3.05, 3.63) is 29.9 Å². The Hall–Kier alpha value is -2.04. The standard InChI is InChI=1S/C10H9N3O2/c1-6-3-4-11-5-8(6)9-12-10(7(2)14)15-13-9/h3-5H,1-2H3. The molecule has 2 aromatic rings. The fourth-order valence-corrected chi connectivity index (χ4v) is 1.17. The first kappa shape index (κ1) is 9.51. The summed E-state index contributed by atoms with van der Waals surface area (Å²) in [5.74, 6) is 0.175. The van der Waals surface area contributed by atoms with Gasteiger partial charge in [-0.25, -0.2) is 0 Å². The maximum Gasteiger partial charge on any atom is 0.294 e. The highest BCUT2D eigenvalue weighted by Crippen LogP contribution is 2.18. The molecule has 2 aromatic heterocycles. The molecule has 15 heavy (non-hydrogen) atoms. The Morgan fingerprint density at radius 1 is 1.47 bits per heavy atom. The zero-order valence-corrected chi connectivity index (χ0v) is 8.39. The summed E-state index contributed by atoms with van der Waals surface area (Å²) in [6.07, 6.45) is 3.33. The van der Waals surface area contributed by atoms with Gasteiger partial charge >= 0.3 is 0 Å². The van der Waals surface area contributed by atoms with Crippen molar-refractivity contribution < 1.29 is 9.32 Å². The summed E-state index contributed by atoms with van der Waals surface area (Å²) < 4.78 is 4.80. The second kappa shape index (κ2) is 3.61. The van der Waals surface area contributed by atoms with Crippen LogP contribution < -0.4 is 0 Å². The number of aryl methyl sites for hydroxylation is 1. The van der Waals surface area contributed by atoms with Gasteiger partial charge in [-0.1, -0.05) is 5.16 Å². The molecule has 2 rings (SSSR count). The predicted molar refractivity (Wildman–Crippen MR) is 52.3 cm³/mol. The predicted octanol–water partition coefficient (Wildman–Crippen LogP) is 1.64. The first-order valence-electron chi connectivity index (χ1n) is 4.44. The van der Waals surface area contributed by atoms with Crippen LogP contribution in [0.5, 0.6) is 0 Å². The van der Waals surface area contributed by atoms with E-state index in [9.17, 15) is 4.79 Å². The number of carbonyl (C=O) groups excluding carboxylic acids is 1. The van der Waals surface area contributed by atoms with Gasteiger partial charge in [0.05, 0.1) is 0 Å². The van der Waals surface area contributed by atoms with E-state index in [-0.39, 0.29) is 11.7 Å². The third-order valence-electron chi connectivity index (χ3n) is 2.01. The number of aromatic nitrogens is 3. The molecule has 0 spiro atoms. The smallest absolute Gasteiger partial charge is 0.294 e. The fraction of sp³-hybridized carbons (Fsp3) is 0.200. The van der Waals surface area contributed by atoms with Crippen molar-refractivity contribution in [2.24, 2.45) is 0 Å². The van der Waals surface area contributed by atoms with Gasteiger partial charge in [-0.05, 0) is 18.6 Å². The summed E-state index contributed by atoms with van der Waals surface area (Å²) in [6.45, 7) is 3.30. The second-order valence-corrected chi connectivity index (χ2v) is 3.17. The molecule has 0 unspecified atom stereocenters. The van der Waals surface area contributed by atoms with Gasteiger partial charge in [0.15, 0.2) is 0 Å². The van der Waals surface area contributed by atoms with Crippen LogP contribution in [-0.2, 0) is 0 Å². The number of nitrogens with zero attached hydrogens (tertiary/aromatic N) is 3. The summed E-state index contributed by atoms with van der Waals surface area (Å²) in [5.41, 5.74) is 1.76. The lowest BCUT2D eigenvalue weighted by molar-refractivity contribution is 0.0972. The minimum absolute atomic E-state index is 0.0215. The third kappa shape index (κ3) is 1.76. The number of rotatable bonds is 2. The van der Waals surface area contributed by atoms with Crippen LogP contribution >= 0.6 is 0 Å². The van der Waals surface area contributed by atoms with E-state index in [1.807, 2.05) is 13.0 Å². The molecule has 0 atom stereocenters. The highest BCUT2D eigenvalue weighted by molar-refractivity contribution is 5.89. The molecule has 0 aliphatic carbocycles. The Labute approximate surface area is 86.1 Å². The lowest BCUT2D eigenvalue weighted by Gasteiger charge is -1.96. The van der Waals surface area contributed by atoms with Crippen LogP contribution in [0.25, 0.3) is 11.4 Å². The number of ketones is 1. The number of carbonyl (C=O) groups is 1. The quantitative estimate of drug-likeness (QED) is 0.694. The van der Waals surface area contributed by atoms with E-state index in [0.717, 1.165) is 11.1 Å². The molecule has 5 nitrogen and oxygen atoms in total.